The number of alkyl halides is 6. The SMILES string of the molecule is CC(C)(C)/C(=C\[I+]c1ccc([I+]c2ccccc2)cc1)Oc1ccc([N+](=O)[O-])cc1.O=S(=O)([O-])C(F)(F)F.O=S(=O)([O-])C(F)(F)F. The fourth-order valence-electron chi connectivity index (χ4n) is 2.38. The van der Waals surface area contributed by atoms with Crippen molar-refractivity contribution >= 4 is 25.9 Å². The Bertz CT molecular complexity index is 1640. The summed E-state index contributed by atoms with van der Waals surface area (Å²) in [4.78, 5) is 10.4. The lowest BCUT2D eigenvalue weighted by Crippen LogP contribution is -3.61. The van der Waals surface area contributed by atoms with E-state index in [2.05, 4.69) is 79.5 Å². The van der Waals surface area contributed by atoms with Crippen LogP contribution in [-0.2, 0) is 20.2 Å². The predicted octanol–water partition coefficient (Wildman–Crippen LogP) is 0.0511. The minimum atomic E-state index is -6.09. The number of hydrogen-bond acceptors (Lipinski definition) is 9. The summed E-state index contributed by atoms with van der Waals surface area (Å²) >= 11 is -0.494. The molecule has 0 radical (unpaired) electrons. The highest BCUT2D eigenvalue weighted by molar-refractivity contribution is 7.86. The number of nitro benzene ring substituents is 1. The molecule has 0 aromatic heterocycles. The van der Waals surface area contributed by atoms with Crippen LogP contribution in [0.4, 0.5) is 32.0 Å². The van der Waals surface area contributed by atoms with Gasteiger partial charge in [0.1, 0.15) is 5.75 Å². The number of allylic oxidation sites excluding steroid dienone is 1. The molecule has 0 heterocycles. The Morgan fingerprint density at radius 2 is 1.11 bits per heavy atom. The standard InChI is InChI=1S/C24H23I2NO3.2CHF3O3S/c1-24(2,3)23(30-22-15-13-21(14-16-22)27(28)29)17-25-18-9-11-20(12-10-18)26-19-7-5-4-6-8-19;2*2-1(3,4)8(5,6)7/h4-17H,1-3H3;2*(H,5,6,7)/q+2;;/p-2/b23-17+;;. The van der Waals surface area contributed by atoms with Crippen LogP contribution in [0.15, 0.2) is 88.7 Å². The van der Waals surface area contributed by atoms with Gasteiger partial charge in [0, 0.05) is 17.5 Å². The van der Waals surface area contributed by atoms with Gasteiger partial charge >= 0.3 is 53.4 Å². The van der Waals surface area contributed by atoms with Crippen LogP contribution < -0.4 is 47.1 Å². The molecule has 0 atom stereocenters. The second-order valence-electron chi connectivity index (χ2n) is 9.31. The Morgan fingerprint density at radius 1 is 0.717 bits per heavy atom. The summed E-state index contributed by atoms with van der Waals surface area (Å²) in [5, 5.41) is 10.8. The molecule has 0 unspecified atom stereocenters. The van der Waals surface area contributed by atoms with E-state index in [0.717, 1.165) is 5.76 Å². The summed E-state index contributed by atoms with van der Waals surface area (Å²) in [6.07, 6.45) is 0. The number of nitrogens with zero attached hydrogens (tertiary/aromatic N) is 1. The molecule has 3 aromatic carbocycles. The van der Waals surface area contributed by atoms with Gasteiger partial charge in [-0.2, -0.15) is 26.3 Å². The summed E-state index contributed by atoms with van der Waals surface area (Å²) in [6, 6.07) is 25.8. The predicted molar refractivity (Wildman–Crippen MR) is 142 cm³/mol. The number of nitro groups is 1. The van der Waals surface area contributed by atoms with Crippen molar-refractivity contribution in [3.05, 3.63) is 110 Å². The smallest absolute Gasteiger partial charge is 0.485 e. The van der Waals surface area contributed by atoms with Gasteiger partial charge in [-0.15, -0.1) is 0 Å². The molecule has 10 nitrogen and oxygen atoms in total. The Balaban J connectivity index is 0.000000545. The van der Waals surface area contributed by atoms with Crippen LogP contribution in [0.1, 0.15) is 20.8 Å². The zero-order chi connectivity index (χ0) is 35.6. The molecular formula is C26H23F6I2NO9S2. The van der Waals surface area contributed by atoms with Gasteiger partial charge in [-0.3, -0.25) is 10.1 Å². The molecule has 0 N–H and O–H groups in total. The van der Waals surface area contributed by atoms with Crippen molar-refractivity contribution in [3.8, 4) is 5.75 Å². The number of rotatable bonds is 7. The molecule has 0 spiro atoms. The molecule has 46 heavy (non-hydrogen) atoms. The normalized spacial score (nSPS) is 12.6. The van der Waals surface area contributed by atoms with Crippen LogP contribution in [-0.4, -0.2) is 41.9 Å². The van der Waals surface area contributed by atoms with Crippen LogP contribution in [0, 0.1) is 26.2 Å². The van der Waals surface area contributed by atoms with Crippen LogP contribution in [0.2, 0.25) is 0 Å². The Hall–Kier alpha value is -2.54. The molecule has 3 rings (SSSR count). The summed E-state index contributed by atoms with van der Waals surface area (Å²) in [5.41, 5.74) is -11.4. The molecule has 0 amide bonds. The lowest BCUT2D eigenvalue weighted by molar-refractivity contribution is -0.598. The van der Waals surface area contributed by atoms with Gasteiger partial charge in [0.15, 0.2) is 40.8 Å². The maximum absolute atomic E-state index is 10.8. The molecule has 0 aliphatic rings. The van der Waals surface area contributed by atoms with Crippen LogP contribution in [0.25, 0.3) is 0 Å². The van der Waals surface area contributed by atoms with E-state index in [4.69, 9.17) is 30.7 Å². The molecule has 0 saturated carbocycles. The first-order valence-corrected chi connectivity index (χ1v) is 19.2. The van der Waals surface area contributed by atoms with E-state index in [9.17, 15) is 36.5 Å². The van der Waals surface area contributed by atoms with Crippen LogP contribution in [0.5, 0.6) is 5.75 Å². The van der Waals surface area contributed by atoms with Crippen molar-refractivity contribution in [3.63, 3.8) is 0 Å². The van der Waals surface area contributed by atoms with E-state index in [1.54, 1.807) is 12.1 Å². The molecule has 0 saturated heterocycles. The average molecular weight is 925 g/mol. The Morgan fingerprint density at radius 3 is 1.48 bits per heavy atom. The summed E-state index contributed by atoms with van der Waals surface area (Å²) in [6.45, 7) is 6.34. The third-order valence-electron chi connectivity index (χ3n) is 4.62. The molecule has 0 aliphatic heterocycles. The third-order valence-corrected chi connectivity index (χ3v) is 10.7. The van der Waals surface area contributed by atoms with E-state index < -0.39 is 36.2 Å². The zero-order valence-corrected chi connectivity index (χ0v) is 29.5. The van der Waals surface area contributed by atoms with E-state index in [-0.39, 0.29) is 53.5 Å². The van der Waals surface area contributed by atoms with Gasteiger partial charge < -0.3 is 13.8 Å². The minimum Gasteiger partial charge on any atom is -0.741 e. The Kier molecular flexibility index (Phi) is 15.4. The first-order valence-electron chi connectivity index (χ1n) is 11.9. The number of hydrogen-bond donors (Lipinski definition) is 0. The van der Waals surface area contributed by atoms with Gasteiger partial charge in [-0.05, 0) is 48.5 Å². The van der Waals surface area contributed by atoms with Gasteiger partial charge in [-0.25, -0.2) is 16.8 Å². The molecule has 0 bridgehead atoms. The number of halogens is 8. The summed E-state index contributed by atoms with van der Waals surface area (Å²) in [5.74, 6) is 1.51. The van der Waals surface area contributed by atoms with Gasteiger partial charge in [0.05, 0.1) is 4.92 Å². The number of ether oxygens (including phenoxy) is 1. The second-order valence-corrected chi connectivity index (χ2v) is 17.6. The largest absolute Gasteiger partial charge is 0.741 e. The molecule has 254 valence electrons. The van der Waals surface area contributed by atoms with Crippen molar-refractivity contribution in [2.75, 3.05) is 0 Å². The van der Waals surface area contributed by atoms with Crippen molar-refractivity contribution in [2.45, 2.75) is 31.8 Å². The van der Waals surface area contributed by atoms with Crippen molar-refractivity contribution < 1.29 is 104 Å². The first kappa shape index (κ1) is 41.5. The topological polar surface area (TPSA) is 167 Å². The molecular weight excluding hydrogens is 902 g/mol. The van der Waals surface area contributed by atoms with Crippen molar-refractivity contribution in [2.24, 2.45) is 5.41 Å². The van der Waals surface area contributed by atoms with Crippen LogP contribution >= 0.6 is 0 Å². The van der Waals surface area contributed by atoms with Crippen LogP contribution in [0.3, 0.4) is 0 Å². The lowest BCUT2D eigenvalue weighted by Gasteiger charge is -2.20. The fraction of sp³-hybridized carbons (Fsp3) is 0.231. The highest BCUT2D eigenvalue weighted by atomic mass is 127. The number of benzene rings is 3. The average Bonchev–Trinajstić information content (AvgIpc) is 2.90. The van der Waals surface area contributed by atoms with E-state index >= 15 is 0 Å². The summed E-state index contributed by atoms with van der Waals surface area (Å²) in [7, 11) is -12.2. The lowest BCUT2D eigenvalue weighted by atomic mass is 9.95. The maximum atomic E-state index is 10.8. The molecule has 20 heteroatoms. The number of non-ortho nitro benzene ring substituents is 1. The molecule has 3 aromatic rings. The maximum Gasteiger partial charge on any atom is 0.485 e. The van der Waals surface area contributed by atoms with Crippen molar-refractivity contribution in [1.29, 1.82) is 0 Å². The highest BCUT2D eigenvalue weighted by Crippen LogP contribution is 2.28. The van der Waals surface area contributed by atoms with E-state index in [1.165, 1.54) is 22.8 Å². The van der Waals surface area contributed by atoms with E-state index in [1.807, 2.05) is 0 Å². The minimum absolute atomic E-state index is 0.0643. The quantitative estimate of drug-likeness (QED) is 0.0606. The zero-order valence-electron chi connectivity index (χ0n) is 23.5. The van der Waals surface area contributed by atoms with Gasteiger partial charge in [0.25, 0.3) is 5.69 Å². The summed E-state index contributed by atoms with van der Waals surface area (Å²) < 4.78 is 130. The van der Waals surface area contributed by atoms with Crippen molar-refractivity contribution in [1.82, 2.24) is 0 Å². The van der Waals surface area contributed by atoms with Gasteiger partial charge in [0.2, 0.25) is 0 Å². The highest BCUT2D eigenvalue weighted by Gasteiger charge is 2.37. The third kappa shape index (κ3) is 15.4. The Labute approximate surface area is 281 Å². The second kappa shape index (κ2) is 17.0. The molecule has 0 fully saturated rings. The van der Waals surface area contributed by atoms with Gasteiger partial charge in [-0.1, -0.05) is 39.0 Å². The monoisotopic (exact) mass is 925 g/mol. The molecule has 0 aliphatic carbocycles. The fourth-order valence-corrected chi connectivity index (χ4v) is 7.08. The first-order chi connectivity index (χ1) is 20.8. The van der Waals surface area contributed by atoms with E-state index in [0.29, 0.717) is 5.75 Å².